The van der Waals surface area contributed by atoms with E-state index in [0.29, 0.717) is 13.2 Å². The van der Waals surface area contributed by atoms with Gasteiger partial charge in [-0.1, -0.05) is 0 Å². The van der Waals surface area contributed by atoms with Gasteiger partial charge in [-0.25, -0.2) is 4.98 Å². The van der Waals surface area contributed by atoms with Crippen LogP contribution in [-0.4, -0.2) is 60.2 Å². The van der Waals surface area contributed by atoms with E-state index in [2.05, 4.69) is 9.97 Å². The van der Waals surface area contributed by atoms with Crippen LogP contribution in [0.25, 0.3) is 0 Å². The van der Waals surface area contributed by atoms with Gasteiger partial charge < -0.3 is 14.5 Å². The molecule has 0 spiro atoms. The monoisotopic (exact) mass is 250 g/mol. The Bertz CT molecular complexity index is 423. The molecule has 1 atom stereocenters. The maximum atomic E-state index is 12.1. The predicted molar refractivity (Wildman–Crippen MR) is 67.3 cm³/mol. The number of carbonyl (C=O) groups is 1. The van der Waals surface area contributed by atoms with Gasteiger partial charge in [-0.3, -0.25) is 9.78 Å². The second-order valence-corrected chi connectivity index (χ2v) is 4.76. The summed E-state index contributed by atoms with van der Waals surface area (Å²) in [5.41, 5.74) is -0.820. The average Bonchev–Trinajstić information content (AvgIpc) is 2.39. The quantitative estimate of drug-likeness (QED) is 0.748. The number of rotatable bonds is 2. The fourth-order valence-electron chi connectivity index (χ4n) is 2.12. The number of aromatic nitrogens is 2. The van der Waals surface area contributed by atoms with E-state index in [0.717, 1.165) is 12.4 Å². The number of amides is 1. The molecule has 0 radical (unpaired) electrons. The Hall–Kier alpha value is -1.69. The number of anilines is 1. The maximum Gasteiger partial charge on any atom is 0.255 e. The number of hydrogen-bond donors (Lipinski definition) is 0. The van der Waals surface area contributed by atoms with Crippen molar-refractivity contribution < 1.29 is 9.53 Å². The highest BCUT2D eigenvalue weighted by Gasteiger charge is 2.40. The Labute approximate surface area is 107 Å². The summed E-state index contributed by atoms with van der Waals surface area (Å²) in [6, 6.07) is 0. The average molecular weight is 250 g/mol. The molecule has 2 heterocycles. The molecule has 1 aliphatic heterocycles. The van der Waals surface area contributed by atoms with E-state index in [1.165, 1.54) is 0 Å². The summed E-state index contributed by atoms with van der Waals surface area (Å²) >= 11 is 0. The zero-order valence-electron chi connectivity index (χ0n) is 11.0. The van der Waals surface area contributed by atoms with Crippen LogP contribution in [0, 0.1) is 0 Å². The zero-order valence-corrected chi connectivity index (χ0v) is 11.0. The summed E-state index contributed by atoms with van der Waals surface area (Å²) in [6.45, 7) is 3.53. The largest absolute Gasteiger partial charge is 0.362 e. The molecule has 0 N–H and O–H groups in total. The number of morpholine rings is 1. The highest BCUT2D eigenvalue weighted by molar-refractivity contribution is 5.85. The Morgan fingerprint density at radius 2 is 2.28 bits per heavy atom. The van der Waals surface area contributed by atoms with Crippen LogP contribution >= 0.6 is 0 Å². The van der Waals surface area contributed by atoms with Gasteiger partial charge in [0.2, 0.25) is 0 Å². The van der Waals surface area contributed by atoms with Gasteiger partial charge in [0, 0.05) is 33.0 Å². The van der Waals surface area contributed by atoms with Crippen molar-refractivity contribution in [3.63, 3.8) is 0 Å². The van der Waals surface area contributed by atoms with E-state index in [1.807, 2.05) is 11.8 Å². The van der Waals surface area contributed by atoms with Crippen molar-refractivity contribution in [2.75, 3.05) is 38.7 Å². The van der Waals surface area contributed by atoms with E-state index >= 15 is 0 Å². The summed E-state index contributed by atoms with van der Waals surface area (Å²) in [6.07, 6.45) is 4.98. The Morgan fingerprint density at radius 3 is 2.89 bits per heavy atom. The van der Waals surface area contributed by atoms with Crippen LogP contribution < -0.4 is 4.90 Å². The molecule has 0 unspecified atom stereocenters. The normalized spacial score (nSPS) is 23.8. The molecule has 0 saturated carbocycles. The second kappa shape index (κ2) is 4.89. The van der Waals surface area contributed by atoms with E-state index in [-0.39, 0.29) is 5.91 Å². The molecule has 6 heteroatoms. The minimum atomic E-state index is -0.820. The van der Waals surface area contributed by atoms with Crippen LogP contribution in [0.1, 0.15) is 6.92 Å². The van der Waals surface area contributed by atoms with Crippen LogP contribution in [0.5, 0.6) is 0 Å². The first-order chi connectivity index (χ1) is 8.53. The Kier molecular flexibility index (Phi) is 3.47. The molecular weight excluding hydrogens is 232 g/mol. The molecule has 6 nitrogen and oxygen atoms in total. The smallest absolute Gasteiger partial charge is 0.255 e. The summed E-state index contributed by atoms with van der Waals surface area (Å²) < 4.78 is 5.66. The molecule has 1 fully saturated rings. The maximum absolute atomic E-state index is 12.1. The summed E-state index contributed by atoms with van der Waals surface area (Å²) in [7, 11) is 3.47. The minimum absolute atomic E-state index is 0.0314. The highest BCUT2D eigenvalue weighted by atomic mass is 16.5. The standard InChI is InChI=1S/C12H18N4O2/c1-12(11(17)15(2)3)9-16(6-7-18-12)10-8-13-4-5-14-10/h4-5,8H,6-7,9H2,1-3H3/t12-/m0/s1. The predicted octanol–water partition coefficient (Wildman–Crippen LogP) is 0.160. The van der Waals surface area contributed by atoms with E-state index in [9.17, 15) is 4.79 Å². The van der Waals surface area contributed by atoms with Crippen molar-refractivity contribution in [1.82, 2.24) is 14.9 Å². The third-order valence-electron chi connectivity index (χ3n) is 3.01. The highest BCUT2D eigenvalue weighted by Crippen LogP contribution is 2.22. The number of carbonyl (C=O) groups excluding carboxylic acids is 1. The lowest BCUT2D eigenvalue weighted by molar-refractivity contribution is -0.155. The summed E-state index contributed by atoms with van der Waals surface area (Å²) in [4.78, 5) is 24.0. The molecule has 2 rings (SSSR count). The van der Waals surface area contributed by atoms with Crippen LogP contribution in [0.4, 0.5) is 5.82 Å². The van der Waals surface area contributed by atoms with Gasteiger partial charge in [0.25, 0.3) is 5.91 Å². The van der Waals surface area contributed by atoms with Gasteiger partial charge in [-0.2, -0.15) is 0 Å². The van der Waals surface area contributed by atoms with E-state index in [4.69, 9.17) is 4.74 Å². The van der Waals surface area contributed by atoms with Crippen molar-refractivity contribution in [2.45, 2.75) is 12.5 Å². The number of nitrogens with zero attached hydrogens (tertiary/aromatic N) is 4. The first-order valence-corrected chi connectivity index (χ1v) is 5.89. The van der Waals surface area contributed by atoms with Crippen molar-refractivity contribution >= 4 is 11.7 Å². The molecule has 1 saturated heterocycles. The summed E-state index contributed by atoms with van der Waals surface area (Å²) in [5.74, 6) is 0.745. The van der Waals surface area contributed by atoms with E-state index in [1.54, 1.807) is 37.6 Å². The van der Waals surface area contributed by atoms with Crippen molar-refractivity contribution in [1.29, 1.82) is 0 Å². The Morgan fingerprint density at radius 1 is 1.50 bits per heavy atom. The van der Waals surface area contributed by atoms with Crippen LogP contribution in [0.15, 0.2) is 18.6 Å². The van der Waals surface area contributed by atoms with Gasteiger partial charge in [-0.05, 0) is 6.92 Å². The molecule has 1 aliphatic rings. The van der Waals surface area contributed by atoms with Gasteiger partial charge >= 0.3 is 0 Å². The van der Waals surface area contributed by atoms with Crippen LogP contribution in [0.3, 0.4) is 0 Å². The molecule has 1 aromatic heterocycles. The van der Waals surface area contributed by atoms with Crippen LogP contribution in [0.2, 0.25) is 0 Å². The first-order valence-electron chi connectivity index (χ1n) is 5.89. The van der Waals surface area contributed by atoms with Gasteiger partial charge in [0.1, 0.15) is 5.82 Å². The lowest BCUT2D eigenvalue weighted by Gasteiger charge is -2.40. The topological polar surface area (TPSA) is 58.6 Å². The Balaban J connectivity index is 2.16. The second-order valence-electron chi connectivity index (χ2n) is 4.76. The minimum Gasteiger partial charge on any atom is -0.362 e. The van der Waals surface area contributed by atoms with Gasteiger partial charge in [-0.15, -0.1) is 0 Å². The SMILES string of the molecule is CN(C)C(=O)[C@]1(C)CN(c2cnccn2)CCO1. The lowest BCUT2D eigenvalue weighted by Crippen LogP contribution is -2.58. The lowest BCUT2D eigenvalue weighted by atomic mass is 10.0. The molecule has 1 aromatic rings. The van der Waals surface area contributed by atoms with Gasteiger partial charge in [0.15, 0.2) is 5.60 Å². The van der Waals surface area contributed by atoms with Crippen LogP contribution in [-0.2, 0) is 9.53 Å². The fraction of sp³-hybridized carbons (Fsp3) is 0.583. The number of ether oxygens (including phenoxy) is 1. The molecular formula is C12H18N4O2. The molecule has 98 valence electrons. The molecule has 0 bridgehead atoms. The number of hydrogen-bond acceptors (Lipinski definition) is 5. The van der Waals surface area contributed by atoms with E-state index < -0.39 is 5.60 Å². The third-order valence-corrected chi connectivity index (χ3v) is 3.01. The molecule has 18 heavy (non-hydrogen) atoms. The molecule has 1 amide bonds. The van der Waals surface area contributed by atoms with Crippen molar-refractivity contribution in [3.8, 4) is 0 Å². The van der Waals surface area contributed by atoms with Crippen molar-refractivity contribution in [2.24, 2.45) is 0 Å². The van der Waals surface area contributed by atoms with Crippen molar-refractivity contribution in [3.05, 3.63) is 18.6 Å². The molecule has 0 aromatic carbocycles. The number of likely N-dealkylation sites (N-methyl/N-ethyl adjacent to an activating group) is 1. The fourth-order valence-corrected chi connectivity index (χ4v) is 2.12. The summed E-state index contributed by atoms with van der Waals surface area (Å²) in [5, 5.41) is 0. The molecule has 0 aliphatic carbocycles. The van der Waals surface area contributed by atoms with Gasteiger partial charge in [0.05, 0.1) is 19.3 Å². The first kappa shape index (κ1) is 12.8. The zero-order chi connectivity index (χ0) is 13.2. The third kappa shape index (κ3) is 2.43.